The molecule has 2 heterocycles. The first-order valence-electron chi connectivity index (χ1n) is 8.82. The maximum atomic E-state index is 12.4. The first-order chi connectivity index (χ1) is 12.2. The third kappa shape index (κ3) is 3.67. The van der Waals surface area contributed by atoms with Gasteiger partial charge >= 0.3 is 0 Å². The molecule has 7 heteroatoms. The van der Waals surface area contributed by atoms with Gasteiger partial charge in [-0.15, -0.1) is 11.3 Å². The molecule has 1 aliphatic rings. The van der Waals surface area contributed by atoms with Crippen LogP contribution in [0.15, 0.2) is 10.6 Å². The molecule has 0 aromatic carbocycles. The second kappa shape index (κ2) is 6.87. The van der Waals surface area contributed by atoms with Crippen molar-refractivity contribution in [3.63, 3.8) is 0 Å². The molecule has 0 fully saturated rings. The fraction of sp³-hybridized carbons (Fsp3) is 0.526. The zero-order chi connectivity index (χ0) is 19.1. The highest BCUT2D eigenvalue weighted by Crippen LogP contribution is 2.40. The standard InChI is InChI=1S/C19H25N3O3S/c1-10-16(11(2)25-22-10)18(24)21-20-17(23)15-9-12-8-13(19(3,4)5)6-7-14(12)26-15/h9,13H,6-8H2,1-5H3,(H,20,23)(H,21,24). The number of fused-ring (bicyclic) bond motifs is 1. The zero-order valence-corrected chi connectivity index (χ0v) is 16.7. The van der Waals surface area contributed by atoms with Crippen molar-refractivity contribution >= 4 is 23.2 Å². The Kier molecular flexibility index (Phi) is 4.92. The lowest BCUT2D eigenvalue weighted by molar-refractivity contribution is 0.0847. The van der Waals surface area contributed by atoms with E-state index in [1.165, 1.54) is 21.8 Å². The van der Waals surface area contributed by atoms with Crippen LogP contribution in [0, 0.1) is 25.2 Å². The van der Waals surface area contributed by atoms with Gasteiger partial charge in [0.25, 0.3) is 11.8 Å². The molecule has 0 bridgehead atoms. The van der Waals surface area contributed by atoms with Crippen molar-refractivity contribution in [3.8, 4) is 0 Å². The number of carbonyl (C=O) groups is 2. The predicted octanol–water partition coefficient (Wildman–Crippen LogP) is 3.58. The number of aryl methyl sites for hydroxylation is 3. The van der Waals surface area contributed by atoms with Gasteiger partial charge in [0.05, 0.1) is 10.6 Å². The number of nitrogens with one attached hydrogen (secondary N) is 2. The van der Waals surface area contributed by atoms with Crippen LogP contribution >= 0.6 is 11.3 Å². The van der Waals surface area contributed by atoms with E-state index in [-0.39, 0.29) is 11.3 Å². The van der Waals surface area contributed by atoms with Gasteiger partial charge < -0.3 is 4.52 Å². The van der Waals surface area contributed by atoms with Crippen molar-refractivity contribution in [1.29, 1.82) is 0 Å². The number of hydrogen-bond donors (Lipinski definition) is 2. The first kappa shape index (κ1) is 18.6. The summed E-state index contributed by atoms with van der Waals surface area (Å²) in [7, 11) is 0. The minimum Gasteiger partial charge on any atom is -0.361 e. The minimum absolute atomic E-state index is 0.268. The van der Waals surface area contributed by atoms with E-state index in [1.54, 1.807) is 13.8 Å². The number of nitrogens with zero attached hydrogens (tertiary/aromatic N) is 1. The summed E-state index contributed by atoms with van der Waals surface area (Å²) in [6, 6.07) is 1.97. The summed E-state index contributed by atoms with van der Waals surface area (Å²) < 4.78 is 4.98. The molecule has 2 aromatic heterocycles. The van der Waals surface area contributed by atoms with Gasteiger partial charge in [0.1, 0.15) is 11.3 Å². The second-order valence-corrected chi connectivity index (χ2v) is 9.11. The molecule has 1 atom stereocenters. The average molecular weight is 375 g/mol. The first-order valence-corrected chi connectivity index (χ1v) is 9.63. The summed E-state index contributed by atoms with van der Waals surface area (Å²) in [5, 5.41) is 3.75. The van der Waals surface area contributed by atoms with Crippen LogP contribution in [-0.4, -0.2) is 17.0 Å². The molecule has 0 saturated heterocycles. The molecule has 140 valence electrons. The van der Waals surface area contributed by atoms with Crippen molar-refractivity contribution in [3.05, 3.63) is 38.4 Å². The molecule has 26 heavy (non-hydrogen) atoms. The highest BCUT2D eigenvalue weighted by Gasteiger charge is 2.30. The van der Waals surface area contributed by atoms with Crippen LogP contribution in [0.1, 0.15) is 69.1 Å². The zero-order valence-electron chi connectivity index (χ0n) is 15.9. The third-order valence-electron chi connectivity index (χ3n) is 5.08. The van der Waals surface area contributed by atoms with Crippen LogP contribution in [0.25, 0.3) is 0 Å². The Morgan fingerprint density at radius 1 is 1.23 bits per heavy atom. The lowest BCUT2D eigenvalue weighted by atomic mass is 9.72. The summed E-state index contributed by atoms with van der Waals surface area (Å²) >= 11 is 1.52. The molecule has 0 saturated carbocycles. The van der Waals surface area contributed by atoms with Crippen LogP contribution in [0.4, 0.5) is 0 Å². The maximum absolute atomic E-state index is 12.4. The molecule has 1 unspecified atom stereocenters. The molecule has 0 aliphatic heterocycles. The van der Waals surface area contributed by atoms with Crippen LogP contribution in [0.3, 0.4) is 0 Å². The van der Waals surface area contributed by atoms with E-state index in [9.17, 15) is 9.59 Å². The highest BCUT2D eigenvalue weighted by molar-refractivity contribution is 7.14. The Labute approximate surface area is 157 Å². The van der Waals surface area contributed by atoms with Gasteiger partial charge in [0, 0.05) is 4.88 Å². The topological polar surface area (TPSA) is 84.2 Å². The number of hydrazine groups is 1. The lowest BCUT2D eigenvalue weighted by Crippen LogP contribution is -2.41. The summed E-state index contributed by atoms with van der Waals surface area (Å²) in [5.74, 6) is 0.328. The van der Waals surface area contributed by atoms with Crippen molar-refractivity contribution in [2.24, 2.45) is 11.3 Å². The van der Waals surface area contributed by atoms with Crippen molar-refractivity contribution in [1.82, 2.24) is 16.0 Å². The van der Waals surface area contributed by atoms with Crippen molar-refractivity contribution in [2.45, 2.75) is 53.9 Å². The number of amides is 2. The van der Waals surface area contributed by atoms with Crippen LogP contribution in [0.5, 0.6) is 0 Å². The molecule has 0 radical (unpaired) electrons. The molecule has 2 N–H and O–H groups in total. The van der Waals surface area contributed by atoms with Crippen molar-refractivity contribution in [2.75, 3.05) is 0 Å². The van der Waals surface area contributed by atoms with Gasteiger partial charge in [-0.3, -0.25) is 20.4 Å². The molecule has 2 amide bonds. The Morgan fingerprint density at radius 3 is 2.54 bits per heavy atom. The fourth-order valence-electron chi connectivity index (χ4n) is 3.42. The molecule has 2 aromatic rings. The smallest absolute Gasteiger partial charge is 0.279 e. The summed E-state index contributed by atoms with van der Waals surface area (Å²) in [6.45, 7) is 10.2. The van der Waals surface area contributed by atoms with E-state index in [0.29, 0.717) is 27.8 Å². The number of hydrogen-bond acceptors (Lipinski definition) is 5. The number of thiophene rings is 1. The van der Waals surface area contributed by atoms with E-state index in [0.717, 1.165) is 19.3 Å². The Balaban J connectivity index is 1.65. The highest BCUT2D eigenvalue weighted by atomic mass is 32.1. The molecule has 6 nitrogen and oxygen atoms in total. The Bertz CT molecular complexity index is 825. The molecule has 1 aliphatic carbocycles. The third-order valence-corrected chi connectivity index (χ3v) is 6.32. The Morgan fingerprint density at radius 2 is 1.92 bits per heavy atom. The number of carbonyl (C=O) groups excluding carboxylic acids is 2. The number of aromatic nitrogens is 1. The minimum atomic E-state index is -0.427. The van der Waals surface area contributed by atoms with Crippen LogP contribution in [-0.2, 0) is 12.8 Å². The van der Waals surface area contributed by atoms with E-state index >= 15 is 0 Å². The summed E-state index contributed by atoms with van der Waals surface area (Å²) in [5.41, 5.74) is 7.32. The van der Waals surface area contributed by atoms with E-state index in [4.69, 9.17) is 4.52 Å². The quantitative estimate of drug-likeness (QED) is 0.786. The van der Waals surface area contributed by atoms with Crippen molar-refractivity contribution < 1.29 is 14.1 Å². The van der Waals surface area contributed by atoms with Gasteiger partial charge in [-0.05, 0) is 56.1 Å². The lowest BCUT2D eigenvalue weighted by Gasteiger charge is -2.33. The summed E-state index contributed by atoms with van der Waals surface area (Å²) in [6.07, 6.45) is 3.18. The maximum Gasteiger partial charge on any atom is 0.279 e. The SMILES string of the molecule is Cc1noc(C)c1C(=O)NNC(=O)c1cc2c(s1)CCC(C(C)(C)C)C2. The predicted molar refractivity (Wildman–Crippen MR) is 100 cm³/mol. The van der Waals surface area contributed by atoms with Gasteiger partial charge in [-0.1, -0.05) is 25.9 Å². The molecular formula is C19H25N3O3S. The van der Waals surface area contributed by atoms with Gasteiger partial charge in [-0.25, -0.2) is 0 Å². The van der Waals surface area contributed by atoms with Gasteiger partial charge in [-0.2, -0.15) is 0 Å². The fourth-order valence-corrected chi connectivity index (χ4v) is 4.52. The molecule has 3 rings (SSSR count). The monoisotopic (exact) mass is 375 g/mol. The van der Waals surface area contributed by atoms with E-state index in [2.05, 4.69) is 36.8 Å². The second-order valence-electron chi connectivity index (χ2n) is 7.97. The normalized spacial score (nSPS) is 16.9. The summed E-state index contributed by atoms with van der Waals surface area (Å²) in [4.78, 5) is 26.6. The van der Waals surface area contributed by atoms with Gasteiger partial charge in [0.15, 0.2) is 0 Å². The molecular weight excluding hydrogens is 350 g/mol. The molecule has 0 spiro atoms. The van der Waals surface area contributed by atoms with Crippen LogP contribution < -0.4 is 10.9 Å². The number of rotatable bonds is 2. The van der Waals surface area contributed by atoms with Gasteiger partial charge in [0.2, 0.25) is 0 Å². The largest absolute Gasteiger partial charge is 0.361 e. The Hall–Kier alpha value is -2.15. The van der Waals surface area contributed by atoms with E-state index in [1.807, 2.05) is 6.07 Å². The average Bonchev–Trinajstić information content (AvgIpc) is 3.14. The van der Waals surface area contributed by atoms with Crippen LogP contribution in [0.2, 0.25) is 0 Å². The van der Waals surface area contributed by atoms with E-state index < -0.39 is 5.91 Å².